The van der Waals surface area contributed by atoms with E-state index in [4.69, 9.17) is 9.47 Å². The number of hydrogen-bond donors (Lipinski definition) is 0. The van der Waals surface area contributed by atoms with E-state index >= 15 is 0 Å². The second-order valence-corrected chi connectivity index (χ2v) is 5.42. The van der Waals surface area contributed by atoms with Gasteiger partial charge in [-0.15, -0.1) is 5.10 Å². The number of rotatable bonds is 8. The summed E-state index contributed by atoms with van der Waals surface area (Å²) in [5, 5.41) is 11.8. The van der Waals surface area contributed by atoms with Crippen LogP contribution in [0.15, 0.2) is 41.6 Å². The first kappa shape index (κ1) is 18.4. The predicted molar refractivity (Wildman–Crippen MR) is 97.2 cm³/mol. The van der Waals surface area contributed by atoms with E-state index in [1.165, 1.54) is 13.3 Å². The van der Waals surface area contributed by atoms with Crippen LogP contribution in [0.3, 0.4) is 0 Å². The van der Waals surface area contributed by atoms with Crippen LogP contribution in [0.1, 0.15) is 29.4 Å². The lowest BCUT2D eigenvalue weighted by Crippen LogP contribution is -2.04. The van der Waals surface area contributed by atoms with Gasteiger partial charge >= 0.3 is 0 Å². The molecule has 0 unspecified atom stereocenters. The standard InChI is InChI=1S/C19H23N3O3/c1-5-6-9-24-18-10-14(2)19(15(3)11-18)25-13-17-8-7-16(21-22-17)12-20-23-4/h5-8,10-12H,9,13H2,1-4H3/b6-5+,20-12?. The van der Waals surface area contributed by atoms with Crippen molar-refractivity contribution < 1.29 is 14.3 Å². The Balaban J connectivity index is 2.01. The summed E-state index contributed by atoms with van der Waals surface area (Å²) in [5.74, 6) is 1.67. The second kappa shape index (κ2) is 9.42. The van der Waals surface area contributed by atoms with Crippen molar-refractivity contribution in [1.82, 2.24) is 10.2 Å². The highest BCUT2D eigenvalue weighted by atomic mass is 16.6. The first-order valence-corrected chi connectivity index (χ1v) is 8.01. The lowest BCUT2D eigenvalue weighted by atomic mass is 10.1. The van der Waals surface area contributed by atoms with Crippen molar-refractivity contribution in [2.24, 2.45) is 5.16 Å². The van der Waals surface area contributed by atoms with E-state index in [2.05, 4.69) is 20.2 Å². The summed E-state index contributed by atoms with van der Waals surface area (Å²) in [6, 6.07) is 7.61. The smallest absolute Gasteiger partial charge is 0.132 e. The highest BCUT2D eigenvalue weighted by Gasteiger charge is 2.08. The number of oxime groups is 1. The SMILES string of the molecule is C/C=C/COc1cc(C)c(OCc2ccc(C=NOC)nn2)c(C)c1. The first-order chi connectivity index (χ1) is 12.1. The Bertz CT molecular complexity index is 717. The van der Waals surface area contributed by atoms with E-state index in [0.717, 1.165) is 28.3 Å². The molecule has 132 valence electrons. The second-order valence-electron chi connectivity index (χ2n) is 5.42. The van der Waals surface area contributed by atoms with Gasteiger partial charge in [0.2, 0.25) is 0 Å². The molecular formula is C19H23N3O3. The predicted octanol–water partition coefficient (Wildman–Crippen LogP) is 3.61. The highest BCUT2D eigenvalue weighted by molar-refractivity contribution is 5.75. The van der Waals surface area contributed by atoms with Gasteiger partial charge in [0, 0.05) is 0 Å². The zero-order valence-corrected chi connectivity index (χ0v) is 15.0. The molecule has 0 aliphatic carbocycles. The molecule has 0 spiro atoms. The summed E-state index contributed by atoms with van der Waals surface area (Å²) in [7, 11) is 1.48. The summed E-state index contributed by atoms with van der Waals surface area (Å²) in [4.78, 5) is 4.61. The molecule has 2 aromatic rings. The molecule has 0 N–H and O–H groups in total. The number of nitrogens with zero attached hydrogens (tertiary/aromatic N) is 3. The summed E-state index contributed by atoms with van der Waals surface area (Å²) >= 11 is 0. The minimum atomic E-state index is 0.342. The zero-order chi connectivity index (χ0) is 18.1. The number of benzene rings is 1. The van der Waals surface area contributed by atoms with Gasteiger partial charge < -0.3 is 14.3 Å². The topological polar surface area (TPSA) is 65.8 Å². The molecule has 0 atom stereocenters. The van der Waals surface area contributed by atoms with Crippen LogP contribution in [0.2, 0.25) is 0 Å². The molecule has 6 heteroatoms. The quantitative estimate of drug-likeness (QED) is 0.417. The van der Waals surface area contributed by atoms with E-state index in [1.807, 2.05) is 57.2 Å². The molecule has 0 fully saturated rings. The normalized spacial score (nSPS) is 11.2. The molecule has 1 aromatic carbocycles. The molecule has 0 aliphatic heterocycles. The maximum Gasteiger partial charge on any atom is 0.132 e. The van der Waals surface area contributed by atoms with Crippen molar-refractivity contribution in [1.29, 1.82) is 0 Å². The van der Waals surface area contributed by atoms with E-state index in [1.54, 1.807) is 0 Å². The van der Waals surface area contributed by atoms with Crippen LogP contribution in [0.25, 0.3) is 0 Å². The number of ether oxygens (including phenoxy) is 2. The van der Waals surface area contributed by atoms with E-state index in [9.17, 15) is 0 Å². The molecule has 0 bridgehead atoms. The van der Waals surface area contributed by atoms with Crippen LogP contribution >= 0.6 is 0 Å². The van der Waals surface area contributed by atoms with Gasteiger partial charge in [-0.05, 0) is 56.2 Å². The van der Waals surface area contributed by atoms with Crippen LogP contribution in [-0.2, 0) is 11.4 Å². The Morgan fingerprint density at radius 3 is 2.44 bits per heavy atom. The van der Waals surface area contributed by atoms with Crippen molar-refractivity contribution in [2.75, 3.05) is 13.7 Å². The average Bonchev–Trinajstić information content (AvgIpc) is 2.60. The molecule has 0 aliphatic rings. The van der Waals surface area contributed by atoms with Gasteiger partial charge in [0.05, 0.1) is 6.21 Å². The molecule has 25 heavy (non-hydrogen) atoms. The number of aromatic nitrogens is 2. The lowest BCUT2D eigenvalue weighted by molar-refractivity contribution is 0.215. The fourth-order valence-electron chi connectivity index (χ4n) is 2.23. The molecule has 6 nitrogen and oxygen atoms in total. The molecule has 0 radical (unpaired) electrons. The van der Waals surface area contributed by atoms with Gasteiger partial charge in [-0.3, -0.25) is 0 Å². The third-order valence-electron chi connectivity index (χ3n) is 3.41. The third-order valence-corrected chi connectivity index (χ3v) is 3.41. The van der Waals surface area contributed by atoms with Gasteiger partial charge in [0.1, 0.15) is 43.2 Å². The van der Waals surface area contributed by atoms with E-state index in [0.29, 0.717) is 18.9 Å². The largest absolute Gasteiger partial charge is 0.490 e. The molecular weight excluding hydrogens is 318 g/mol. The fourth-order valence-corrected chi connectivity index (χ4v) is 2.23. The summed E-state index contributed by atoms with van der Waals surface area (Å²) in [6.07, 6.45) is 5.43. The van der Waals surface area contributed by atoms with Crippen LogP contribution in [0.5, 0.6) is 11.5 Å². The van der Waals surface area contributed by atoms with Crippen LogP contribution in [0.4, 0.5) is 0 Å². The van der Waals surface area contributed by atoms with Crippen molar-refractivity contribution in [2.45, 2.75) is 27.4 Å². The number of aryl methyl sites for hydroxylation is 2. The molecule has 0 saturated heterocycles. The zero-order valence-electron chi connectivity index (χ0n) is 15.0. The minimum absolute atomic E-state index is 0.342. The Labute approximate surface area is 148 Å². The Morgan fingerprint density at radius 2 is 1.84 bits per heavy atom. The maximum atomic E-state index is 5.92. The summed E-state index contributed by atoms with van der Waals surface area (Å²) < 4.78 is 11.6. The van der Waals surface area contributed by atoms with Gasteiger partial charge in [-0.1, -0.05) is 17.3 Å². The van der Waals surface area contributed by atoms with Crippen molar-refractivity contribution in [3.05, 3.63) is 58.9 Å². The average molecular weight is 341 g/mol. The molecule has 0 amide bonds. The highest BCUT2D eigenvalue weighted by Crippen LogP contribution is 2.29. The van der Waals surface area contributed by atoms with Crippen LogP contribution < -0.4 is 9.47 Å². The van der Waals surface area contributed by atoms with Gasteiger partial charge in [0.15, 0.2) is 0 Å². The number of hydrogen-bond acceptors (Lipinski definition) is 6. The lowest BCUT2D eigenvalue weighted by Gasteiger charge is -2.14. The molecule has 2 rings (SSSR count). The Kier molecular flexibility index (Phi) is 6.95. The maximum absolute atomic E-state index is 5.92. The minimum Gasteiger partial charge on any atom is -0.490 e. The van der Waals surface area contributed by atoms with E-state index < -0.39 is 0 Å². The Hall–Kier alpha value is -2.89. The molecule has 1 aromatic heterocycles. The molecule has 1 heterocycles. The first-order valence-electron chi connectivity index (χ1n) is 8.01. The van der Waals surface area contributed by atoms with Crippen molar-refractivity contribution in [3.63, 3.8) is 0 Å². The van der Waals surface area contributed by atoms with Crippen LogP contribution in [-0.4, -0.2) is 30.1 Å². The third kappa shape index (κ3) is 5.60. The van der Waals surface area contributed by atoms with Crippen molar-refractivity contribution >= 4 is 6.21 Å². The van der Waals surface area contributed by atoms with Gasteiger partial charge in [-0.25, -0.2) is 0 Å². The number of allylic oxidation sites excluding steroid dienone is 1. The summed E-state index contributed by atoms with van der Waals surface area (Å²) in [6.45, 7) is 6.87. The summed E-state index contributed by atoms with van der Waals surface area (Å²) in [5.41, 5.74) is 3.40. The monoisotopic (exact) mass is 341 g/mol. The Morgan fingerprint density at radius 1 is 1.08 bits per heavy atom. The van der Waals surface area contributed by atoms with Crippen molar-refractivity contribution in [3.8, 4) is 11.5 Å². The van der Waals surface area contributed by atoms with Crippen LogP contribution in [0, 0.1) is 13.8 Å². The molecule has 0 saturated carbocycles. The van der Waals surface area contributed by atoms with E-state index in [-0.39, 0.29) is 0 Å². The fraction of sp³-hybridized carbons (Fsp3) is 0.316. The van der Waals surface area contributed by atoms with Gasteiger partial charge in [0.25, 0.3) is 0 Å². The van der Waals surface area contributed by atoms with Gasteiger partial charge in [-0.2, -0.15) is 5.10 Å².